The van der Waals surface area contributed by atoms with E-state index in [4.69, 9.17) is 5.26 Å². The zero-order valence-electron chi connectivity index (χ0n) is 18.6. The second-order valence-corrected chi connectivity index (χ2v) is 8.66. The van der Waals surface area contributed by atoms with E-state index < -0.39 is 5.82 Å². The number of hydrogen-bond acceptors (Lipinski definition) is 5. The largest absolute Gasteiger partial charge is 0.388 e. The van der Waals surface area contributed by atoms with E-state index in [1.165, 1.54) is 12.1 Å². The van der Waals surface area contributed by atoms with Gasteiger partial charge in [-0.25, -0.2) is 4.39 Å². The molecule has 33 heavy (non-hydrogen) atoms. The highest BCUT2D eigenvalue weighted by atomic mass is 19.1. The number of benzene rings is 2. The van der Waals surface area contributed by atoms with Crippen molar-refractivity contribution >= 4 is 27.7 Å². The van der Waals surface area contributed by atoms with Crippen molar-refractivity contribution < 1.29 is 4.39 Å². The molecule has 0 radical (unpaired) electrons. The molecule has 2 aliphatic rings. The quantitative estimate of drug-likeness (QED) is 0.639. The van der Waals surface area contributed by atoms with Gasteiger partial charge in [-0.1, -0.05) is 6.08 Å². The first kappa shape index (κ1) is 21.2. The maximum Gasteiger partial charge on any atom is 0.256 e. The third-order valence-electron chi connectivity index (χ3n) is 6.79. The van der Waals surface area contributed by atoms with Crippen LogP contribution in [0.2, 0.25) is 0 Å². The van der Waals surface area contributed by atoms with E-state index in [1.54, 1.807) is 7.05 Å². The summed E-state index contributed by atoms with van der Waals surface area (Å²) >= 11 is 0. The highest BCUT2D eigenvalue weighted by molar-refractivity contribution is 5.95. The predicted octanol–water partition coefficient (Wildman–Crippen LogP) is 3.95. The van der Waals surface area contributed by atoms with Crippen molar-refractivity contribution in [3.8, 4) is 6.07 Å². The Balaban J connectivity index is 1.32. The van der Waals surface area contributed by atoms with Crippen LogP contribution >= 0.6 is 0 Å². The molecule has 0 bridgehead atoms. The molecule has 2 aromatic carbocycles. The van der Waals surface area contributed by atoms with Gasteiger partial charge in [0.25, 0.3) is 5.56 Å². The van der Waals surface area contributed by atoms with Gasteiger partial charge >= 0.3 is 0 Å². The van der Waals surface area contributed by atoms with Gasteiger partial charge in [-0.3, -0.25) is 9.69 Å². The maximum atomic E-state index is 13.9. The number of piperazine rings is 1. The Morgan fingerprint density at radius 3 is 2.55 bits per heavy atom. The van der Waals surface area contributed by atoms with Gasteiger partial charge in [0.15, 0.2) is 0 Å². The molecular formula is C26H26FN5O. The molecule has 168 valence electrons. The van der Waals surface area contributed by atoms with Crippen molar-refractivity contribution in [1.82, 2.24) is 9.88 Å². The van der Waals surface area contributed by atoms with E-state index in [0.29, 0.717) is 22.7 Å². The minimum Gasteiger partial charge on any atom is -0.388 e. The smallest absolute Gasteiger partial charge is 0.256 e. The lowest BCUT2D eigenvalue weighted by atomic mass is 10.1. The number of nitrogens with one attached hydrogen (secondary N) is 2. The van der Waals surface area contributed by atoms with Crippen LogP contribution in [0.3, 0.4) is 0 Å². The Labute approximate surface area is 191 Å². The summed E-state index contributed by atoms with van der Waals surface area (Å²) in [5, 5.41) is 13.1. The van der Waals surface area contributed by atoms with Gasteiger partial charge in [0.05, 0.1) is 17.0 Å². The number of rotatable bonds is 4. The Hall–Kier alpha value is -3.63. The molecule has 1 fully saturated rings. The Morgan fingerprint density at radius 2 is 1.85 bits per heavy atom. The lowest BCUT2D eigenvalue weighted by molar-refractivity contribution is 0.214. The first-order valence-corrected chi connectivity index (χ1v) is 11.3. The van der Waals surface area contributed by atoms with Crippen LogP contribution in [0.1, 0.15) is 24.1 Å². The van der Waals surface area contributed by atoms with E-state index in [9.17, 15) is 9.18 Å². The normalized spacial score (nSPS) is 18.9. The third-order valence-corrected chi connectivity index (χ3v) is 6.79. The first-order valence-electron chi connectivity index (χ1n) is 11.3. The lowest BCUT2D eigenvalue weighted by Crippen LogP contribution is -2.49. The summed E-state index contributed by atoms with van der Waals surface area (Å²) in [5.41, 5.74) is 4.14. The zero-order chi connectivity index (χ0) is 22.9. The SMILES string of the molecule is CNc1cc(F)cc2c(=O)[nH]c(C3=CC(N4CCN(c5ccc(C#N)cc5)CC4)CC3)cc12. The number of pyridine rings is 1. The molecule has 0 amide bonds. The van der Waals surface area contributed by atoms with Crippen molar-refractivity contribution in [3.05, 3.63) is 76.0 Å². The summed E-state index contributed by atoms with van der Waals surface area (Å²) in [7, 11) is 1.73. The van der Waals surface area contributed by atoms with Gasteiger partial charge in [-0.05, 0) is 60.9 Å². The van der Waals surface area contributed by atoms with Gasteiger partial charge in [0.1, 0.15) is 5.82 Å². The number of H-pyrrole nitrogens is 1. The molecule has 2 heterocycles. The van der Waals surface area contributed by atoms with E-state index >= 15 is 0 Å². The maximum absolute atomic E-state index is 13.9. The summed E-state index contributed by atoms with van der Waals surface area (Å²) in [6, 6.07) is 14.9. The highest BCUT2D eigenvalue weighted by Crippen LogP contribution is 2.32. The molecule has 2 N–H and O–H groups in total. The van der Waals surface area contributed by atoms with Crippen LogP contribution in [0, 0.1) is 17.1 Å². The van der Waals surface area contributed by atoms with Gasteiger partial charge in [0, 0.05) is 61.7 Å². The minimum absolute atomic E-state index is 0.265. The number of nitriles is 1. The number of aromatic nitrogens is 1. The average molecular weight is 444 g/mol. The Kier molecular flexibility index (Phi) is 5.61. The van der Waals surface area contributed by atoms with E-state index in [0.717, 1.165) is 61.4 Å². The first-order chi connectivity index (χ1) is 16.1. The van der Waals surface area contributed by atoms with Crippen molar-refractivity contribution in [3.63, 3.8) is 0 Å². The molecule has 6 nitrogen and oxygen atoms in total. The van der Waals surface area contributed by atoms with E-state index in [1.807, 2.05) is 30.3 Å². The summed E-state index contributed by atoms with van der Waals surface area (Å²) in [4.78, 5) is 20.5. The molecule has 3 aromatic rings. The van der Waals surface area contributed by atoms with Crippen molar-refractivity contribution in [2.75, 3.05) is 43.4 Å². The fraction of sp³-hybridized carbons (Fsp3) is 0.308. The topological polar surface area (TPSA) is 75.2 Å². The summed E-state index contributed by atoms with van der Waals surface area (Å²) in [5.74, 6) is -0.426. The molecular weight excluding hydrogens is 417 g/mol. The molecule has 1 saturated heterocycles. The van der Waals surface area contributed by atoms with E-state index in [2.05, 4.69) is 32.2 Å². The lowest BCUT2D eigenvalue weighted by Gasteiger charge is -2.38. The molecule has 1 aliphatic carbocycles. The summed E-state index contributed by atoms with van der Waals surface area (Å²) in [6.45, 7) is 3.81. The molecule has 7 heteroatoms. The number of hydrogen-bond donors (Lipinski definition) is 2. The summed E-state index contributed by atoms with van der Waals surface area (Å²) < 4.78 is 13.9. The number of aromatic amines is 1. The second-order valence-electron chi connectivity index (χ2n) is 8.66. The fourth-order valence-electron chi connectivity index (χ4n) is 4.98. The van der Waals surface area contributed by atoms with Crippen LogP contribution < -0.4 is 15.8 Å². The van der Waals surface area contributed by atoms with Gasteiger partial charge < -0.3 is 15.2 Å². The van der Waals surface area contributed by atoms with Crippen LogP contribution in [0.5, 0.6) is 0 Å². The monoisotopic (exact) mass is 443 g/mol. The third kappa shape index (κ3) is 4.10. The molecule has 1 atom stereocenters. The standard InChI is InChI=1S/C26H26FN5O/c1-29-25-14-19(27)13-23-22(25)15-24(30-26(23)33)18-4-7-21(12-18)32-10-8-31(9-11-32)20-5-2-17(16-28)3-6-20/h2-3,5-6,12-15,21,29H,4,7-11H2,1H3,(H,30,33). The molecule has 1 unspecified atom stereocenters. The number of halogens is 1. The number of fused-ring (bicyclic) bond motifs is 1. The molecule has 1 aromatic heterocycles. The second kappa shape index (κ2) is 8.72. The number of nitrogens with zero attached hydrogens (tertiary/aromatic N) is 3. The molecule has 0 spiro atoms. The van der Waals surface area contributed by atoms with Gasteiger partial charge in [-0.2, -0.15) is 5.26 Å². The summed E-state index contributed by atoms with van der Waals surface area (Å²) in [6.07, 6.45) is 4.20. The molecule has 1 aliphatic heterocycles. The fourth-order valence-corrected chi connectivity index (χ4v) is 4.98. The molecule has 0 saturated carbocycles. The molecule has 5 rings (SSSR count). The zero-order valence-corrected chi connectivity index (χ0v) is 18.6. The number of anilines is 2. The van der Waals surface area contributed by atoms with Crippen molar-refractivity contribution in [1.29, 1.82) is 5.26 Å². The predicted molar refractivity (Wildman–Crippen MR) is 130 cm³/mol. The van der Waals surface area contributed by atoms with Crippen molar-refractivity contribution in [2.24, 2.45) is 0 Å². The minimum atomic E-state index is -0.426. The highest BCUT2D eigenvalue weighted by Gasteiger charge is 2.27. The van der Waals surface area contributed by atoms with Crippen LogP contribution in [0.15, 0.2) is 53.3 Å². The van der Waals surface area contributed by atoms with Gasteiger partial charge in [0.2, 0.25) is 0 Å². The number of allylic oxidation sites excluding steroid dienone is 1. The van der Waals surface area contributed by atoms with E-state index in [-0.39, 0.29) is 5.56 Å². The Bertz CT molecular complexity index is 1310. The van der Waals surface area contributed by atoms with Crippen LogP contribution in [0.25, 0.3) is 16.3 Å². The van der Waals surface area contributed by atoms with Crippen molar-refractivity contribution in [2.45, 2.75) is 18.9 Å². The van der Waals surface area contributed by atoms with Crippen LogP contribution in [0.4, 0.5) is 15.8 Å². The average Bonchev–Trinajstić information content (AvgIpc) is 3.34. The Morgan fingerprint density at radius 1 is 1.09 bits per heavy atom. The van der Waals surface area contributed by atoms with Crippen LogP contribution in [-0.2, 0) is 0 Å². The van der Waals surface area contributed by atoms with Gasteiger partial charge in [-0.15, -0.1) is 0 Å². The van der Waals surface area contributed by atoms with Crippen LogP contribution in [-0.4, -0.2) is 49.2 Å².